The van der Waals surface area contributed by atoms with Gasteiger partial charge in [-0.2, -0.15) is 13.2 Å². The number of aryl methyl sites for hydroxylation is 1. The molecule has 2 N–H and O–H groups in total. The Morgan fingerprint density at radius 1 is 1.09 bits per heavy atom. The number of alkyl halides is 3. The van der Waals surface area contributed by atoms with Crippen LogP contribution in [0.1, 0.15) is 11.3 Å². The molecule has 0 amide bonds. The van der Waals surface area contributed by atoms with Crippen molar-refractivity contribution >= 4 is 17.3 Å². The molecule has 2 heterocycles. The first-order chi connectivity index (χ1) is 10.8. The summed E-state index contributed by atoms with van der Waals surface area (Å²) in [5, 5.41) is 0. The summed E-state index contributed by atoms with van der Waals surface area (Å²) in [6.45, 7) is 1.82. The second-order valence-electron chi connectivity index (χ2n) is 4.94. The van der Waals surface area contributed by atoms with Crippen LogP contribution in [0.2, 0.25) is 0 Å². The quantitative estimate of drug-likeness (QED) is 0.762. The van der Waals surface area contributed by atoms with Gasteiger partial charge in [0, 0.05) is 18.0 Å². The van der Waals surface area contributed by atoms with Gasteiger partial charge in [0.1, 0.15) is 0 Å². The number of nitrogens with two attached hydrogens (primary N) is 1. The Balaban J connectivity index is 2.20. The van der Waals surface area contributed by atoms with E-state index in [1.165, 1.54) is 11.3 Å². The van der Waals surface area contributed by atoms with Gasteiger partial charge in [-0.15, -0.1) is 11.3 Å². The molecule has 4 nitrogen and oxygen atoms in total. The minimum absolute atomic E-state index is 0.0961. The number of nitrogen functional groups attached to an aromatic ring is 1. The molecular weight excluding hydrogens is 325 g/mol. The van der Waals surface area contributed by atoms with Gasteiger partial charge in [-0.05, 0) is 29.7 Å². The number of aromatic nitrogens is 3. The second-order valence-corrected chi connectivity index (χ2v) is 5.83. The van der Waals surface area contributed by atoms with E-state index in [2.05, 4.69) is 15.0 Å². The van der Waals surface area contributed by atoms with E-state index in [9.17, 15) is 13.2 Å². The zero-order valence-corrected chi connectivity index (χ0v) is 12.7. The fourth-order valence-electron chi connectivity index (χ4n) is 2.26. The molecule has 3 rings (SSSR count). The van der Waals surface area contributed by atoms with Gasteiger partial charge in [0.05, 0.1) is 10.4 Å². The molecule has 0 unspecified atom stereocenters. The molecule has 0 saturated carbocycles. The monoisotopic (exact) mass is 336 g/mol. The van der Waals surface area contributed by atoms with Crippen molar-refractivity contribution in [2.45, 2.75) is 13.1 Å². The van der Waals surface area contributed by atoms with Gasteiger partial charge in [0.25, 0.3) is 0 Å². The van der Waals surface area contributed by atoms with Crippen molar-refractivity contribution in [2.24, 2.45) is 0 Å². The molecule has 0 radical (unpaired) electrons. The smallest absolute Gasteiger partial charge is 0.368 e. The fourth-order valence-corrected chi connectivity index (χ4v) is 2.87. The molecule has 1 aromatic carbocycles. The molecule has 0 aliphatic carbocycles. The van der Waals surface area contributed by atoms with E-state index in [0.29, 0.717) is 5.56 Å². The molecule has 118 valence electrons. The normalized spacial score (nSPS) is 11.7. The Morgan fingerprint density at radius 2 is 1.83 bits per heavy atom. The van der Waals surface area contributed by atoms with Crippen LogP contribution in [-0.2, 0) is 6.18 Å². The number of thiazole rings is 1. The highest BCUT2D eigenvalue weighted by Crippen LogP contribution is 2.37. The largest absolute Gasteiger partial charge is 0.434 e. The number of nitrogens with zero attached hydrogens (tertiary/aromatic N) is 3. The molecule has 0 saturated heterocycles. The first-order valence-corrected chi connectivity index (χ1v) is 7.43. The van der Waals surface area contributed by atoms with Gasteiger partial charge in [-0.3, -0.25) is 4.98 Å². The van der Waals surface area contributed by atoms with Gasteiger partial charge in [-0.1, -0.05) is 12.1 Å². The van der Waals surface area contributed by atoms with Crippen molar-refractivity contribution < 1.29 is 13.2 Å². The molecule has 0 fully saturated rings. The molecule has 8 heteroatoms. The zero-order valence-electron chi connectivity index (χ0n) is 11.9. The Hall–Kier alpha value is -2.48. The van der Waals surface area contributed by atoms with Crippen molar-refractivity contribution in [3.05, 3.63) is 47.4 Å². The SMILES string of the molecule is Cc1cc(-c2cncs2)cc(-c2cnc(N)nc2C(F)(F)F)c1. The Morgan fingerprint density at radius 3 is 2.48 bits per heavy atom. The molecular formula is C15H11F3N4S. The van der Waals surface area contributed by atoms with E-state index in [-0.39, 0.29) is 5.56 Å². The molecule has 0 aliphatic rings. The lowest BCUT2D eigenvalue weighted by Crippen LogP contribution is -2.12. The maximum atomic E-state index is 13.2. The summed E-state index contributed by atoms with van der Waals surface area (Å²) in [6.07, 6.45) is -1.83. The van der Waals surface area contributed by atoms with E-state index in [4.69, 9.17) is 5.73 Å². The second kappa shape index (κ2) is 5.62. The zero-order chi connectivity index (χ0) is 16.6. The molecule has 0 atom stereocenters. The summed E-state index contributed by atoms with van der Waals surface area (Å²) in [6, 6.07) is 5.22. The third-order valence-corrected chi connectivity index (χ3v) is 4.00. The number of rotatable bonds is 2. The van der Waals surface area contributed by atoms with Gasteiger partial charge in [0.15, 0.2) is 5.69 Å². The summed E-state index contributed by atoms with van der Waals surface area (Å²) in [7, 11) is 0. The number of benzene rings is 1. The Labute approximate surface area is 133 Å². The standard InChI is InChI=1S/C15H11F3N4S/c1-8-2-9(4-10(3-8)12-6-20-7-23-12)11-5-21-14(19)22-13(11)15(16,17)18/h2-7H,1H3,(H2,19,21,22). The van der Waals surface area contributed by atoms with Crippen LogP contribution < -0.4 is 5.73 Å². The van der Waals surface area contributed by atoms with Gasteiger partial charge >= 0.3 is 6.18 Å². The van der Waals surface area contributed by atoms with Gasteiger partial charge in [-0.25, -0.2) is 9.97 Å². The van der Waals surface area contributed by atoms with Crippen molar-refractivity contribution in [3.8, 4) is 21.6 Å². The molecule has 0 spiro atoms. The topological polar surface area (TPSA) is 64.7 Å². The number of hydrogen-bond acceptors (Lipinski definition) is 5. The summed E-state index contributed by atoms with van der Waals surface area (Å²) in [4.78, 5) is 12.0. The predicted molar refractivity (Wildman–Crippen MR) is 82.7 cm³/mol. The predicted octanol–water partition coefficient (Wildman–Crippen LogP) is 4.18. The maximum Gasteiger partial charge on any atom is 0.434 e. The summed E-state index contributed by atoms with van der Waals surface area (Å²) >= 11 is 1.42. The molecule has 3 aromatic rings. The average Bonchev–Trinajstić information content (AvgIpc) is 3.00. The molecule has 2 aromatic heterocycles. The minimum atomic E-state index is -4.61. The number of hydrogen-bond donors (Lipinski definition) is 1. The van der Waals surface area contributed by atoms with E-state index < -0.39 is 17.8 Å². The first-order valence-electron chi connectivity index (χ1n) is 6.55. The van der Waals surface area contributed by atoms with Crippen LogP contribution in [0.5, 0.6) is 0 Å². The van der Waals surface area contributed by atoms with Crippen molar-refractivity contribution in [3.63, 3.8) is 0 Å². The third kappa shape index (κ3) is 3.16. The van der Waals surface area contributed by atoms with Crippen LogP contribution in [0.15, 0.2) is 36.1 Å². The third-order valence-electron chi connectivity index (χ3n) is 3.18. The summed E-state index contributed by atoms with van der Waals surface area (Å²) in [5.74, 6) is -0.406. The molecule has 0 aliphatic heterocycles. The van der Waals surface area contributed by atoms with Crippen LogP contribution in [0.25, 0.3) is 21.6 Å². The Bertz CT molecular complexity index is 844. The van der Waals surface area contributed by atoms with Crippen LogP contribution in [-0.4, -0.2) is 15.0 Å². The first kappa shape index (κ1) is 15.4. The van der Waals surface area contributed by atoms with Crippen molar-refractivity contribution in [2.75, 3.05) is 5.73 Å². The van der Waals surface area contributed by atoms with Crippen molar-refractivity contribution in [1.29, 1.82) is 0 Å². The van der Waals surface area contributed by atoms with Crippen LogP contribution in [0, 0.1) is 6.92 Å². The minimum Gasteiger partial charge on any atom is -0.368 e. The number of halogens is 3. The molecule has 0 bridgehead atoms. The van der Waals surface area contributed by atoms with E-state index in [1.54, 1.807) is 23.8 Å². The van der Waals surface area contributed by atoms with Crippen LogP contribution in [0.3, 0.4) is 0 Å². The molecule has 23 heavy (non-hydrogen) atoms. The van der Waals surface area contributed by atoms with E-state index >= 15 is 0 Å². The van der Waals surface area contributed by atoms with Gasteiger partial charge < -0.3 is 5.73 Å². The summed E-state index contributed by atoms with van der Waals surface area (Å²) < 4.78 is 39.7. The van der Waals surface area contributed by atoms with Crippen LogP contribution >= 0.6 is 11.3 Å². The highest BCUT2D eigenvalue weighted by molar-refractivity contribution is 7.13. The fraction of sp³-hybridized carbons (Fsp3) is 0.133. The Kier molecular flexibility index (Phi) is 3.77. The summed E-state index contributed by atoms with van der Waals surface area (Å²) in [5.41, 5.74) is 7.87. The lowest BCUT2D eigenvalue weighted by molar-refractivity contribution is -0.140. The lowest BCUT2D eigenvalue weighted by atomic mass is 9.99. The van der Waals surface area contributed by atoms with E-state index in [0.717, 1.165) is 22.2 Å². The highest BCUT2D eigenvalue weighted by atomic mass is 32.1. The average molecular weight is 336 g/mol. The van der Waals surface area contributed by atoms with Crippen molar-refractivity contribution in [1.82, 2.24) is 15.0 Å². The maximum absolute atomic E-state index is 13.2. The van der Waals surface area contributed by atoms with Gasteiger partial charge in [0.2, 0.25) is 5.95 Å². The highest BCUT2D eigenvalue weighted by Gasteiger charge is 2.36. The lowest BCUT2D eigenvalue weighted by Gasteiger charge is -2.13. The van der Waals surface area contributed by atoms with E-state index in [1.807, 2.05) is 13.0 Å². The van der Waals surface area contributed by atoms with Crippen LogP contribution in [0.4, 0.5) is 19.1 Å². The number of anilines is 1.